The fourth-order valence-corrected chi connectivity index (χ4v) is 2.58. The molecule has 9 nitrogen and oxygen atoms in total. The smallest absolute Gasteiger partial charge is 0.229 e. The second-order valence-electron chi connectivity index (χ2n) is 5.65. The van der Waals surface area contributed by atoms with Gasteiger partial charge >= 0.3 is 0 Å². The summed E-state index contributed by atoms with van der Waals surface area (Å²) < 4.78 is 21.6. The second kappa shape index (κ2) is 9.17. The Kier molecular flexibility index (Phi) is 7.21. The number of hydrogen-bond donors (Lipinski definition) is 5. The Morgan fingerprint density at radius 1 is 1.00 bits per heavy atom. The van der Waals surface area contributed by atoms with E-state index in [1.54, 1.807) is 18.2 Å². The molecule has 26 heavy (non-hydrogen) atoms. The van der Waals surface area contributed by atoms with Crippen molar-refractivity contribution in [1.82, 2.24) is 0 Å². The van der Waals surface area contributed by atoms with Crippen LogP contribution in [0.3, 0.4) is 0 Å². The van der Waals surface area contributed by atoms with Crippen LogP contribution < -0.4 is 14.2 Å². The molecule has 0 radical (unpaired) electrons. The molecule has 2 rings (SSSR count). The summed E-state index contributed by atoms with van der Waals surface area (Å²) in [5.41, 5.74) is 0.675. The van der Waals surface area contributed by atoms with Crippen LogP contribution in [0.25, 0.3) is 6.08 Å². The number of aliphatic hydroxyl groups excluding tert-OH is 5. The lowest BCUT2D eigenvalue weighted by atomic mass is 9.99. The number of rotatable bonds is 7. The standard InChI is InChI=1S/C17H24O9/c1-23-10-6-9(4-3-5-18)7-11(24-2)16(10)26-17-15(22)14(21)13(20)12(8-19)25-17/h3-4,6-7,12-15,17-22H,5,8H2,1-2H3/b4-3+/t12-,13-,14+,15+,17+/m1/s1. The molecule has 0 unspecified atom stereocenters. The Morgan fingerprint density at radius 3 is 2.12 bits per heavy atom. The summed E-state index contributed by atoms with van der Waals surface area (Å²) in [5, 5.41) is 48.0. The van der Waals surface area contributed by atoms with Crippen molar-refractivity contribution in [3.05, 3.63) is 23.8 Å². The zero-order valence-corrected chi connectivity index (χ0v) is 14.5. The normalized spacial score (nSPS) is 29.0. The first kappa shape index (κ1) is 20.4. The van der Waals surface area contributed by atoms with Gasteiger partial charge in [0.2, 0.25) is 12.0 Å². The SMILES string of the molecule is COc1cc(/C=C/CO)cc(OC)c1O[C@@H]1O[C@H](CO)[C@@H](O)[C@H](O)[C@@H]1O. The summed E-state index contributed by atoms with van der Waals surface area (Å²) in [6.07, 6.45) is -3.88. The fourth-order valence-electron chi connectivity index (χ4n) is 2.58. The van der Waals surface area contributed by atoms with Crippen LogP contribution in [0.2, 0.25) is 0 Å². The summed E-state index contributed by atoms with van der Waals surface area (Å²) in [6.45, 7) is -0.697. The minimum absolute atomic E-state index is 0.112. The zero-order chi connectivity index (χ0) is 19.3. The molecule has 0 spiro atoms. The number of methoxy groups -OCH3 is 2. The van der Waals surface area contributed by atoms with Crippen LogP contribution in [0.4, 0.5) is 0 Å². The third kappa shape index (κ3) is 4.26. The van der Waals surface area contributed by atoms with Crippen LogP contribution in [-0.2, 0) is 4.74 Å². The summed E-state index contributed by atoms with van der Waals surface area (Å²) in [4.78, 5) is 0. The summed E-state index contributed by atoms with van der Waals surface area (Å²) >= 11 is 0. The van der Waals surface area contributed by atoms with Gasteiger partial charge in [-0.3, -0.25) is 0 Å². The molecule has 1 heterocycles. The van der Waals surface area contributed by atoms with Crippen LogP contribution in [0.1, 0.15) is 5.56 Å². The lowest BCUT2D eigenvalue weighted by Crippen LogP contribution is -2.60. The zero-order valence-electron chi connectivity index (χ0n) is 14.5. The highest BCUT2D eigenvalue weighted by atomic mass is 16.7. The number of benzene rings is 1. The quantitative estimate of drug-likeness (QED) is 0.403. The second-order valence-corrected chi connectivity index (χ2v) is 5.65. The lowest BCUT2D eigenvalue weighted by Gasteiger charge is -2.39. The van der Waals surface area contributed by atoms with Gasteiger partial charge in [0, 0.05) is 0 Å². The van der Waals surface area contributed by atoms with Crippen LogP contribution in [0.5, 0.6) is 17.2 Å². The average molecular weight is 372 g/mol. The number of ether oxygens (including phenoxy) is 4. The van der Waals surface area contributed by atoms with E-state index in [0.29, 0.717) is 5.56 Å². The minimum Gasteiger partial charge on any atom is -0.493 e. The van der Waals surface area contributed by atoms with Crippen molar-refractivity contribution >= 4 is 6.08 Å². The predicted octanol–water partition coefficient (Wildman–Crippen LogP) is -1.11. The maximum absolute atomic E-state index is 10.1. The van der Waals surface area contributed by atoms with Gasteiger partial charge in [-0.1, -0.05) is 12.2 Å². The van der Waals surface area contributed by atoms with Crippen LogP contribution in [-0.4, -0.2) is 83.7 Å². The van der Waals surface area contributed by atoms with Gasteiger partial charge in [-0.25, -0.2) is 0 Å². The molecule has 1 aliphatic heterocycles. The average Bonchev–Trinajstić information content (AvgIpc) is 2.66. The van der Waals surface area contributed by atoms with Crippen molar-refractivity contribution in [3.8, 4) is 17.2 Å². The third-order valence-electron chi connectivity index (χ3n) is 3.98. The molecule has 1 fully saturated rings. The highest BCUT2D eigenvalue weighted by molar-refractivity contribution is 5.62. The molecule has 0 saturated carbocycles. The molecule has 1 aromatic rings. The van der Waals surface area contributed by atoms with E-state index < -0.39 is 37.3 Å². The van der Waals surface area contributed by atoms with E-state index in [1.807, 2.05) is 0 Å². The molecular weight excluding hydrogens is 348 g/mol. The van der Waals surface area contributed by atoms with E-state index in [0.717, 1.165) is 0 Å². The predicted molar refractivity (Wildman–Crippen MR) is 90.1 cm³/mol. The van der Waals surface area contributed by atoms with Crippen molar-refractivity contribution in [3.63, 3.8) is 0 Å². The topological polar surface area (TPSA) is 138 Å². The Balaban J connectivity index is 2.33. The first-order valence-electron chi connectivity index (χ1n) is 7.97. The molecule has 1 aliphatic rings. The summed E-state index contributed by atoms with van der Waals surface area (Å²) in [7, 11) is 2.82. The molecule has 9 heteroatoms. The molecule has 5 atom stereocenters. The van der Waals surface area contributed by atoms with Gasteiger partial charge in [-0.05, 0) is 17.7 Å². The van der Waals surface area contributed by atoms with Crippen LogP contribution in [0, 0.1) is 0 Å². The Hall–Kier alpha value is -1.88. The lowest BCUT2D eigenvalue weighted by molar-refractivity contribution is -0.277. The Bertz CT molecular complexity index is 591. The van der Waals surface area contributed by atoms with Crippen molar-refractivity contribution in [2.75, 3.05) is 27.4 Å². The highest BCUT2D eigenvalue weighted by Gasteiger charge is 2.45. The van der Waals surface area contributed by atoms with E-state index in [1.165, 1.54) is 20.3 Å². The maximum atomic E-state index is 10.1. The van der Waals surface area contributed by atoms with Gasteiger partial charge in [0.25, 0.3) is 0 Å². The Morgan fingerprint density at radius 2 is 1.62 bits per heavy atom. The van der Waals surface area contributed by atoms with Gasteiger partial charge in [0.1, 0.15) is 24.4 Å². The van der Waals surface area contributed by atoms with Crippen molar-refractivity contribution < 1.29 is 44.5 Å². The minimum atomic E-state index is -1.56. The number of hydrogen-bond acceptors (Lipinski definition) is 9. The molecular formula is C17H24O9. The first-order valence-corrected chi connectivity index (χ1v) is 7.97. The van der Waals surface area contributed by atoms with Gasteiger partial charge in [0.15, 0.2) is 11.5 Å². The first-order chi connectivity index (χ1) is 12.5. The molecule has 0 amide bonds. The van der Waals surface area contributed by atoms with Crippen LogP contribution >= 0.6 is 0 Å². The van der Waals surface area contributed by atoms with E-state index in [4.69, 9.17) is 24.1 Å². The fraction of sp³-hybridized carbons (Fsp3) is 0.529. The van der Waals surface area contributed by atoms with Gasteiger partial charge in [-0.2, -0.15) is 0 Å². The number of aliphatic hydroxyl groups is 5. The van der Waals surface area contributed by atoms with Crippen molar-refractivity contribution in [2.45, 2.75) is 30.7 Å². The molecule has 0 bridgehead atoms. The van der Waals surface area contributed by atoms with E-state index in [9.17, 15) is 20.4 Å². The monoisotopic (exact) mass is 372 g/mol. The van der Waals surface area contributed by atoms with Crippen LogP contribution in [0.15, 0.2) is 18.2 Å². The molecule has 1 saturated heterocycles. The maximum Gasteiger partial charge on any atom is 0.229 e. The van der Waals surface area contributed by atoms with Crippen molar-refractivity contribution in [1.29, 1.82) is 0 Å². The van der Waals surface area contributed by atoms with E-state index >= 15 is 0 Å². The van der Waals surface area contributed by atoms with Gasteiger partial charge in [0.05, 0.1) is 27.4 Å². The van der Waals surface area contributed by atoms with Gasteiger partial charge < -0.3 is 44.5 Å². The highest BCUT2D eigenvalue weighted by Crippen LogP contribution is 2.40. The third-order valence-corrected chi connectivity index (χ3v) is 3.98. The molecule has 1 aromatic carbocycles. The molecule has 0 aromatic heterocycles. The molecule has 5 N–H and O–H groups in total. The molecule has 146 valence electrons. The van der Waals surface area contributed by atoms with E-state index in [-0.39, 0.29) is 23.9 Å². The summed E-state index contributed by atoms with van der Waals surface area (Å²) in [6, 6.07) is 3.24. The molecule has 0 aliphatic carbocycles. The van der Waals surface area contributed by atoms with Gasteiger partial charge in [-0.15, -0.1) is 0 Å². The van der Waals surface area contributed by atoms with E-state index in [2.05, 4.69) is 0 Å². The van der Waals surface area contributed by atoms with Crippen molar-refractivity contribution in [2.24, 2.45) is 0 Å². The Labute approximate surface area is 150 Å². The largest absolute Gasteiger partial charge is 0.493 e. The summed E-state index contributed by atoms with van der Waals surface area (Å²) in [5.74, 6) is 0.637.